The van der Waals surface area contributed by atoms with Crippen molar-refractivity contribution in [3.8, 4) is 0 Å². The molecule has 0 spiro atoms. The Morgan fingerprint density at radius 2 is 1.95 bits per heavy atom. The van der Waals surface area contributed by atoms with E-state index in [1.165, 1.54) is 4.88 Å². The normalized spacial score (nSPS) is 14.6. The maximum atomic E-state index is 12.8. The lowest BCUT2D eigenvalue weighted by molar-refractivity contribution is 0.0976. The summed E-state index contributed by atoms with van der Waals surface area (Å²) in [7, 11) is 0. The third-order valence-electron chi connectivity index (χ3n) is 3.85. The molecule has 1 aromatic carbocycles. The summed E-state index contributed by atoms with van der Waals surface area (Å²) >= 11 is 1.71. The maximum absolute atomic E-state index is 12.8. The summed E-state index contributed by atoms with van der Waals surface area (Å²) < 4.78 is 0. The number of aromatic nitrogens is 3. The van der Waals surface area contributed by atoms with Gasteiger partial charge in [-0.25, -0.2) is 4.98 Å². The van der Waals surface area contributed by atoms with Crippen LogP contribution in [0, 0.1) is 0 Å². The molecule has 4 rings (SSSR count). The van der Waals surface area contributed by atoms with Crippen molar-refractivity contribution in [2.45, 2.75) is 19.3 Å². The minimum Gasteiger partial charge on any atom is -0.304 e. The van der Waals surface area contributed by atoms with Crippen LogP contribution in [0.4, 0.5) is 5.69 Å². The molecule has 3 heterocycles. The van der Waals surface area contributed by atoms with Crippen LogP contribution in [0.3, 0.4) is 0 Å². The minimum absolute atomic E-state index is 0.165. The lowest BCUT2D eigenvalue weighted by Gasteiger charge is -2.19. The van der Waals surface area contributed by atoms with Crippen molar-refractivity contribution in [3.63, 3.8) is 0 Å². The number of nitrogens with zero attached hydrogens (tertiary/aromatic N) is 4. The lowest BCUT2D eigenvalue weighted by Crippen LogP contribution is -2.33. The SMILES string of the molecule is O=C(c1nnc2ccccc2n1)N1CCCCc2sccc21. The highest BCUT2D eigenvalue weighted by Crippen LogP contribution is 2.31. The predicted octanol–water partition coefficient (Wildman–Crippen LogP) is 3.07. The number of hydrogen-bond acceptors (Lipinski definition) is 5. The summed E-state index contributed by atoms with van der Waals surface area (Å²) in [6.07, 6.45) is 3.13. The van der Waals surface area contributed by atoms with Crippen LogP contribution in [0.5, 0.6) is 0 Å². The van der Waals surface area contributed by atoms with Crippen molar-refractivity contribution in [2.75, 3.05) is 11.4 Å². The number of carbonyl (C=O) groups excluding carboxylic acids is 1. The first-order chi connectivity index (χ1) is 10.8. The molecule has 1 aliphatic rings. The topological polar surface area (TPSA) is 59.0 Å². The summed E-state index contributed by atoms with van der Waals surface area (Å²) in [5, 5.41) is 10.2. The number of carbonyl (C=O) groups is 1. The molecule has 2 aromatic heterocycles. The van der Waals surface area contributed by atoms with Crippen LogP contribution >= 0.6 is 11.3 Å². The van der Waals surface area contributed by atoms with E-state index in [0.717, 1.165) is 24.9 Å². The molecule has 0 fully saturated rings. The first-order valence-corrected chi connectivity index (χ1v) is 8.18. The molecule has 0 atom stereocenters. The Hall–Kier alpha value is -2.34. The summed E-state index contributed by atoms with van der Waals surface area (Å²) in [6, 6.07) is 9.46. The lowest BCUT2D eigenvalue weighted by atomic mass is 10.2. The Labute approximate surface area is 131 Å². The molecule has 0 bridgehead atoms. The zero-order valence-corrected chi connectivity index (χ0v) is 12.7. The van der Waals surface area contributed by atoms with Crippen molar-refractivity contribution in [1.82, 2.24) is 15.2 Å². The quantitative estimate of drug-likeness (QED) is 0.693. The maximum Gasteiger partial charge on any atom is 0.298 e. The van der Waals surface area contributed by atoms with Crippen LogP contribution in [0.25, 0.3) is 11.0 Å². The Morgan fingerprint density at radius 3 is 2.86 bits per heavy atom. The molecule has 110 valence electrons. The number of benzene rings is 1. The van der Waals surface area contributed by atoms with Gasteiger partial charge >= 0.3 is 0 Å². The van der Waals surface area contributed by atoms with E-state index >= 15 is 0 Å². The monoisotopic (exact) mass is 310 g/mol. The first kappa shape index (κ1) is 13.3. The van der Waals surface area contributed by atoms with Gasteiger partial charge in [-0.05, 0) is 42.8 Å². The molecule has 5 nitrogen and oxygen atoms in total. The van der Waals surface area contributed by atoms with E-state index in [9.17, 15) is 4.79 Å². The van der Waals surface area contributed by atoms with Gasteiger partial charge in [-0.1, -0.05) is 12.1 Å². The molecule has 0 saturated heterocycles. The molecule has 1 aliphatic heterocycles. The largest absolute Gasteiger partial charge is 0.304 e. The molecule has 0 radical (unpaired) electrons. The number of rotatable bonds is 1. The Bertz CT molecular complexity index is 845. The molecule has 3 aromatic rings. The summed E-state index contributed by atoms with van der Waals surface area (Å²) in [5.41, 5.74) is 2.40. The van der Waals surface area contributed by atoms with E-state index in [0.29, 0.717) is 17.6 Å². The molecular formula is C16H14N4OS. The minimum atomic E-state index is -0.167. The molecule has 0 unspecified atom stereocenters. The second-order valence-corrected chi connectivity index (χ2v) is 6.27. The Morgan fingerprint density at radius 1 is 1.09 bits per heavy atom. The standard InChI is InChI=1S/C16H14N4OS/c21-16(15-17-11-5-1-2-6-12(11)18-19-15)20-9-4-3-7-14-13(20)8-10-22-14/h1-2,5-6,8,10H,3-4,7,9H2. The molecule has 22 heavy (non-hydrogen) atoms. The van der Waals surface area contributed by atoms with Crippen molar-refractivity contribution >= 4 is 34.0 Å². The number of hydrogen-bond donors (Lipinski definition) is 0. The molecule has 1 amide bonds. The van der Waals surface area contributed by atoms with Gasteiger partial charge in [0.25, 0.3) is 5.91 Å². The number of amides is 1. The fraction of sp³-hybridized carbons (Fsp3) is 0.250. The van der Waals surface area contributed by atoms with Gasteiger partial charge in [-0.2, -0.15) is 0 Å². The Balaban J connectivity index is 1.74. The van der Waals surface area contributed by atoms with Gasteiger partial charge < -0.3 is 4.90 Å². The van der Waals surface area contributed by atoms with Gasteiger partial charge in [0.05, 0.1) is 11.2 Å². The summed E-state index contributed by atoms with van der Waals surface area (Å²) in [4.78, 5) is 20.3. The van der Waals surface area contributed by atoms with Gasteiger partial charge in [-0.3, -0.25) is 4.79 Å². The first-order valence-electron chi connectivity index (χ1n) is 7.30. The Kier molecular flexibility index (Phi) is 3.31. The number of aryl methyl sites for hydroxylation is 1. The highest BCUT2D eigenvalue weighted by molar-refractivity contribution is 7.10. The van der Waals surface area contributed by atoms with E-state index < -0.39 is 0 Å². The predicted molar refractivity (Wildman–Crippen MR) is 86.3 cm³/mol. The molecule has 0 aliphatic carbocycles. The van der Waals surface area contributed by atoms with Gasteiger partial charge in [0.2, 0.25) is 5.82 Å². The van der Waals surface area contributed by atoms with Crippen LogP contribution in [-0.4, -0.2) is 27.6 Å². The zero-order chi connectivity index (χ0) is 14.9. The summed E-state index contributed by atoms with van der Waals surface area (Å²) in [5.74, 6) is -0.00227. The van der Waals surface area contributed by atoms with E-state index in [2.05, 4.69) is 15.2 Å². The number of para-hydroxylation sites is 1. The fourth-order valence-electron chi connectivity index (χ4n) is 2.74. The second-order valence-electron chi connectivity index (χ2n) is 5.27. The third kappa shape index (κ3) is 2.25. The zero-order valence-electron chi connectivity index (χ0n) is 11.9. The summed E-state index contributed by atoms with van der Waals surface area (Å²) in [6.45, 7) is 0.707. The van der Waals surface area contributed by atoms with Gasteiger partial charge in [0.1, 0.15) is 5.52 Å². The number of fused-ring (bicyclic) bond motifs is 2. The molecular weight excluding hydrogens is 296 g/mol. The van der Waals surface area contributed by atoms with E-state index in [4.69, 9.17) is 0 Å². The second kappa shape index (κ2) is 5.46. The van der Waals surface area contributed by atoms with Crippen molar-refractivity contribution in [3.05, 3.63) is 46.4 Å². The highest BCUT2D eigenvalue weighted by Gasteiger charge is 2.25. The van der Waals surface area contributed by atoms with E-state index in [1.807, 2.05) is 35.7 Å². The number of anilines is 1. The van der Waals surface area contributed by atoms with Crippen molar-refractivity contribution in [2.24, 2.45) is 0 Å². The molecule has 0 N–H and O–H groups in total. The fourth-order valence-corrected chi connectivity index (χ4v) is 3.66. The van der Waals surface area contributed by atoms with Crippen LogP contribution in [-0.2, 0) is 6.42 Å². The average molecular weight is 310 g/mol. The van der Waals surface area contributed by atoms with Gasteiger partial charge in [0.15, 0.2) is 0 Å². The van der Waals surface area contributed by atoms with Crippen LogP contribution in [0.1, 0.15) is 28.3 Å². The smallest absolute Gasteiger partial charge is 0.298 e. The van der Waals surface area contributed by atoms with E-state index in [1.54, 1.807) is 16.2 Å². The van der Waals surface area contributed by atoms with Gasteiger partial charge in [-0.15, -0.1) is 21.5 Å². The molecule has 6 heteroatoms. The van der Waals surface area contributed by atoms with Crippen LogP contribution in [0.2, 0.25) is 0 Å². The van der Waals surface area contributed by atoms with E-state index in [-0.39, 0.29) is 11.7 Å². The van der Waals surface area contributed by atoms with Gasteiger partial charge in [0, 0.05) is 11.4 Å². The highest BCUT2D eigenvalue weighted by atomic mass is 32.1. The van der Waals surface area contributed by atoms with Crippen LogP contribution in [0.15, 0.2) is 35.7 Å². The molecule has 0 saturated carbocycles. The van der Waals surface area contributed by atoms with Crippen molar-refractivity contribution in [1.29, 1.82) is 0 Å². The third-order valence-corrected chi connectivity index (χ3v) is 4.82. The average Bonchev–Trinajstić information content (AvgIpc) is 2.93. The van der Waals surface area contributed by atoms with Crippen molar-refractivity contribution < 1.29 is 4.79 Å². The number of thiophene rings is 1. The van der Waals surface area contributed by atoms with Crippen LogP contribution < -0.4 is 4.90 Å².